The van der Waals surface area contributed by atoms with Crippen molar-refractivity contribution in [3.05, 3.63) is 83.7 Å². The Morgan fingerprint density at radius 1 is 1.10 bits per heavy atom. The third-order valence-corrected chi connectivity index (χ3v) is 3.50. The highest BCUT2D eigenvalue weighted by Crippen LogP contribution is 2.08. The van der Waals surface area contributed by atoms with Crippen LogP contribution >= 0.6 is 0 Å². The first-order valence-electron chi connectivity index (χ1n) is 6.91. The molecule has 0 saturated heterocycles. The van der Waals surface area contributed by atoms with Gasteiger partial charge in [-0.1, -0.05) is 36.4 Å². The molecule has 1 heterocycles. The number of aromatic nitrogens is 3. The minimum Gasteiger partial charge on any atom is -0.233 e. The molecule has 2 aromatic carbocycles. The highest BCUT2D eigenvalue weighted by molar-refractivity contribution is 5.25. The van der Waals surface area contributed by atoms with Crippen LogP contribution in [-0.2, 0) is 13.1 Å². The topological polar surface area (TPSA) is 21.7 Å². The van der Waals surface area contributed by atoms with E-state index in [1.165, 1.54) is 23.3 Å². The van der Waals surface area contributed by atoms with Gasteiger partial charge in [0.15, 0.2) is 0 Å². The normalized spacial score (nSPS) is 10.8. The summed E-state index contributed by atoms with van der Waals surface area (Å²) in [6, 6.07) is 14.8. The summed E-state index contributed by atoms with van der Waals surface area (Å²) in [6.45, 7) is 3.54. The molecule has 0 aliphatic heterocycles. The van der Waals surface area contributed by atoms with Gasteiger partial charge in [0.05, 0.1) is 6.54 Å². The highest BCUT2D eigenvalue weighted by Gasteiger charge is 2.08. The Hall–Kier alpha value is -2.49. The number of rotatable bonds is 4. The monoisotopic (exact) mass is 282 g/mol. The Kier molecular flexibility index (Phi) is 3.77. The van der Waals surface area contributed by atoms with Crippen molar-refractivity contribution in [3.63, 3.8) is 0 Å². The molecule has 0 fully saturated rings. The Morgan fingerprint density at radius 3 is 2.62 bits per heavy atom. The van der Waals surface area contributed by atoms with E-state index in [1.54, 1.807) is 18.5 Å². The summed E-state index contributed by atoms with van der Waals surface area (Å²) in [5.74, 6) is -0.209. The first-order chi connectivity index (χ1) is 10.2. The predicted octanol–water partition coefficient (Wildman–Crippen LogP) is 2.71. The molecule has 0 bridgehead atoms. The lowest BCUT2D eigenvalue weighted by Gasteiger charge is -2.00. The van der Waals surface area contributed by atoms with Gasteiger partial charge in [-0.3, -0.25) is 0 Å². The van der Waals surface area contributed by atoms with Crippen LogP contribution < -0.4 is 4.57 Å². The van der Waals surface area contributed by atoms with Gasteiger partial charge >= 0.3 is 0 Å². The smallest absolute Gasteiger partial charge is 0.233 e. The Morgan fingerprint density at radius 2 is 1.86 bits per heavy atom. The van der Waals surface area contributed by atoms with E-state index in [4.69, 9.17) is 0 Å². The SMILES string of the molecule is Cc1ccccc1Cn1c[n+](Cc2ccc(F)cc2)cn1. The van der Waals surface area contributed by atoms with Gasteiger partial charge in [0.1, 0.15) is 12.4 Å². The highest BCUT2D eigenvalue weighted by atomic mass is 19.1. The van der Waals surface area contributed by atoms with Gasteiger partial charge in [-0.2, -0.15) is 0 Å². The maximum Gasteiger partial charge on any atom is 0.265 e. The molecule has 0 amide bonds. The van der Waals surface area contributed by atoms with Crippen LogP contribution in [0.1, 0.15) is 16.7 Å². The van der Waals surface area contributed by atoms with E-state index in [9.17, 15) is 4.39 Å². The number of hydrogen-bond donors (Lipinski definition) is 0. The summed E-state index contributed by atoms with van der Waals surface area (Å²) in [6.07, 6.45) is 3.76. The van der Waals surface area contributed by atoms with Gasteiger partial charge in [-0.25, -0.2) is 8.96 Å². The lowest BCUT2D eigenvalue weighted by molar-refractivity contribution is -0.689. The molecule has 0 radical (unpaired) electrons. The summed E-state index contributed by atoms with van der Waals surface area (Å²) >= 11 is 0. The molecule has 0 aliphatic carbocycles. The molecule has 21 heavy (non-hydrogen) atoms. The molecule has 3 rings (SSSR count). The van der Waals surface area contributed by atoms with E-state index < -0.39 is 0 Å². The summed E-state index contributed by atoms with van der Waals surface area (Å²) < 4.78 is 16.8. The van der Waals surface area contributed by atoms with Gasteiger partial charge in [0.25, 0.3) is 6.33 Å². The minimum absolute atomic E-state index is 0.209. The summed E-state index contributed by atoms with van der Waals surface area (Å²) in [5, 5.41) is 4.37. The average Bonchev–Trinajstić information content (AvgIpc) is 2.91. The molecule has 106 valence electrons. The second-order valence-electron chi connectivity index (χ2n) is 5.17. The van der Waals surface area contributed by atoms with Crippen molar-refractivity contribution < 1.29 is 8.96 Å². The number of hydrogen-bond acceptors (Lipinski definition) is 1. The standard InChI is InChI=1S/C17H17FN3/c1-14-4-2-3-5-16(14)11-21-13-20(12-19-21)10-15-6-8-17(18)9-7-15/h2-9,12-13H,10-11H2,1H3/q+1. The van der Waals surface area contributed by atoms with E-state index in [1.807, 2.05) is 27.7 Å². The van der Waals surface area contributed by atoms with Crippen molar-refractivity contribution in [2.24, 2.45) is 0 Å². The van der Waals surface area contributed by atoms with Gasteiger partial charge in [-0.05, 0) is 35.7 Å². The number of halogens is 1. The first kappa shape index (κ1) is 13.5. The summed E-state index contributed by atoms with van der Waals surface area (Å²) in [7, 11) is 0. The second-order valence-corrected chi connectivity index (χ2v) is 5.17. The molecule has 3 aromatic rings. The second kappa shape index (κ2) is 5.87. The summed E-state index contributed by atoms with van der Waals surface area (Å²) in [4.78, 5) is 0. The van der Waals surface area contributed by atoms with Crippen molar-refractivity contribution in [2.75, 3.05) is 0 Å². The van der Waals surface area contributed by atoms with Crippen LogP contribution in [0.2, 0.25) is 0 Å². The van der Waals surface area contributed by atoms with Crippen LogP contribution in [0.5, 0.6) is 0 Å². The fourth-order valence-corrected chi connectivity index (χ4v) is 2.29. The van der Waals surface area contributed by atoms with Crippen LogP contribution in [-0.4, -0.2) is 9.78 Å². The zero-order valence-corrected chi connectivity index (χ0v) is 11.9. The van der Waals surface area contributed by atoms with Crippen LogP contribution in [0, 0.1) is 12.7 Å². The molecule has 1 aromatic heterocycles. The van der Waals surface area contributed by atoms with Crippen LogP contribution in [0.15, 0.2) is 61.2 Å². The van der Waals surface area contributed by atoms with E-state index in [-0.39, 0.29) is 5.82 Å². The maximum absolute atomic E-state index is 12.9. The predicted molar refractivity (Wildman–Crippen MR) is 78.2 cm³/mol. The molecule has 3 nitrogen and oxygen atoms in total. The van der Waals surface area contributed by atoms with E-state index in [0.717, 1.165) is 12.1 Å². The van der Waals surface area contributed by atoms with Crippen molar-refractivity contribution in [1.29, 1.82) is 0 Å². The Balaban J connectivity index is 1.72. The molecular weight excluding hydrogens is 265 g/mol. The molecular formula is C17H17FN3+. The van der Waals surface area contributed by atoms with E-state index in [2.05, 4.69) is 24.2 Å². The third-order valence-electron chi connectivity index (χ3n) is 3.50. The first-order valence-corrected chi connectivity index (χ1v) is 6.91. The van der Waals surface area contributed by atoms with Gasteiger partial charge < -0.3 is 0 Å². The van der Waals surface area contributed by atoms with Crippen LogP contribution in [0.4, 0.5) is 4.39 Å². The molecule has 0 unspecified atom stereocenters. The zero-order chi connectivity index (χ0) is 14.7. The average molecular weight is 282 g/mol. The van der Waals surface area contributed by atoms with Crippen molar-refractivity contribution in [1.82, 2.24) is 9.78 Å². The molecule has 0 spiro atoms. The number of nitrogens with zero attached hydrogens (tertiary/aromatic N) is 3. The van der Waals surface area contributed by atoms with E-state index >= 15 is 0 Å². The number of aryl methyl sites for hydroxylation is 1. The van der Waals surface area contributed by atoms with Crippen molar-refractivity contribution >= 4 is 0 Å². The summed E-state index contributed by atoms with van der Waals surface area (Å²) in [5.41, 5.74) is 3.57. The van der Waals surface area contributed by atoms with Gasteiger partial charge in [-0.15, -0.1) is 4.68 Å². The molecule has 0 atom stereocenters. The largest absolute Gasteiger partial charge is 0.265 e. The van der Waals surface area contributed by atoms with Gasteiger partial charge in [0.2, 0.25) is 6.33 Å². The van der Waals surface area contributed by atoms with Crippen molar-refractivity contribution in [3.8, 4) is 0 Å². The quantitative estimate of drug-likeness (QED) is 0.674. The minimum atomic E-state index is -0.209. The maximum atomic E-state index is 12.9. The van der Waals surface area contributed by atoms with Crippen LogP contribution in [0.3, 0.4) is 0 Å². The molecule has 4 heteroatoms. The number of benzene rings is 2. The Bertz CT molecular complexity index is 732. The van der Waals surface area contributed by atoms with Gasteiger partial charge in [0, 0.05) is 5.10 Å². The third kappa shape index (κ3) is 3.34. The molecule has 0 saturated carbocycles. The fourth-order valence-electron chi connectivity index (χ4n) is 2.29. The Labute approximate surface area is 123 Å². The molecule has 0 aliphatic rings. The lowest BCUT2D eigenvalue weighted by Crippen LogP contribution is -2.31. The lowest BCUT2D eigenvalue weighted by atomic mass is 10.1. The van der Waals surface area contributed by atoms with E-state index in [0.29, 0.717) is 6.54 Å². The molecule has 0 N–H and O–H groups in total. The zero-order valence-electron chi connectivity index (χ0n) is 11.9. The van der Waals surface area contributed by atoms with Crippen LogP contribution in [0.25, 0.3) is 0 Å². The van der Waals surface area contributed by atoms with Crippen molar-refractivity contribution in [2.45, 2.75) is 20.0 Å². The fraction of sp³-hybridized carbons (Fsp3) is 0.176.